The summed E-state index contributed by atoms with van der Waals surface area (Å²) >= 11 is 0. The summed E-state index contributed by atoms with van der Waals surface area (Å²) in [6, 6.07) is 7.68. The van der Waals surface area contributed by atoms with E-state index >= 15 is 0 Å². The monoisotopic (exact) mass is 487 g/mol. The summed E-state index contributed by atoms with van der Waals surface area (Å²) in [4.78, 5) is 18.8. The molecule has 6 bridgehead atoms. The molecule has 3 aromatic rings. The van der Waals surface area contributed by atoms with Crippen LogP contribution in [0.4, 0.5) is 23.0 Å². The number of anilines is 4. The van der Waals surface area contributed by atoms with Crippen molar-refractivity contribution in [1.82, 2.24) is 14.6 Å². The van der Waals surface area contributed by atoms with E-state index in [1.54, 1.807) is 4.52 Å². The number of ether oxygens (including phenoxy) is 2. The first-order valence-corrected chi connectivity index (χ1v) is 11.9. The number of aliphatic hydroxyl groups excluding tert-OH is 1. The maximum absolute atomic E-state index is 12.1. The lowest BCUT2D eigenvalue weighted by molar-refractivity contribution is -0.116. The van der Waals surface area contributed by atoms with Crippen LogP contribution in [0.5, 0.6) is 5.75 Å². The van der Waals surface area contributed by atoms with E-state index in [2.05, 4.69) is 21.8 Å². The molecule has 184 valence electrons. The van der Waals surface area contributed by atoms with Gasteiger partial charge in [0.15, 0.2) is 5.65 Å². The molecule has 1 fully saturated rings. The van der Waals surface area contributed by atoms with E-state index in [0.717, 1.165) is 11.3 Å². The number of fused-ring (bicyclic) bond motifs is 11. The molecule has 11 nitrogen and oxygen atoms in total. The van der Waals surface area contributed by atoms with Crippen LogP contribution in [0.2, 0.25) is 0 Å². The Morgan fingerprint density at radius 2 is 2.08 bits per heavy atom. The highest BCUT2D eigenvalue weighted by Crippen LogP contribution is 2.38. The molecule has 1 aromatic carbocycles. The van der Waals surface area contributed by atoms with Gasteiger partial charge in [-0.05, 0) is 30.5 Å². The first-order valence-electron chi connectivity index (χ1n) is 11.9. The number of nitrogens with one attached hydrogen (secondary N) is 2. The summed E-state index contributed by atoms with van der Waals surface area (Å²) in [6.07, 6.45) is 6.87. The van der Waals surface area contributed by atoms with Crippen molar-refractivity contribution in [1.29, 1.82) is 5.26 Å². The van der Waals surface area contributed by atoms with Crippen LogP contribution in [0.15, 0.2) is 36.5 Å². The van der Waals surface area contributed by atoms with Crippen molar-refractivity contribution in [3.63, 3.8) is 0 Å². The predicted molar refractivity (Wildman–Crippen MR) is 132 cm³/mol. The van der Waals surface area contributed by atoms with Crippen molar-refractivity contribution in [2.75, 3.05) is 41.9 Å². The molecule has 1 saturated heterocycles. The van der Waals surface area contributed by atoms with Crippen molar-refractivity contribution in [2.24, 2.45) is 0 Å². The van der Waals surface area contributed by atoms with Gasteiger partial charge in [0.05, 0.1) is 37.2 Å². The third-order valence-electron chi connectivity index (χ3n) is 6.73. The van der Waals surface area contributed by atoms with Crippen LogP contribution >= 0.6 is 0 Å². The lowest BCUT2D eigenvalue weighted by Crippen LogP contribution is -2.33. The van der Waals surface area contributed by atoms with E-state index in [-0.39, 0.29) is 24.7 Å². The van der Waals surface area contributed by atoms with Gasteiger partial charge in [0, 0.05) is 30.8 Å². The minimum absolute atomic E-state index is 0.0383. The Morgan fingerprint density at radius 3 is 2.94 bits per heavy atom. The fourth-order valence-electron chi connectivity index (χ4n) is 4.98. The van der Waals surface area contributed by atoms with Crippen LogP contribution in [0.1, 0.15) is 24.0 Å². The van der Waals surface area contributed by atoms with Crippen molar-refractivity contribution < 1.29 is 19.4 Å². The largest absolute Gasteiger partial charge is 0.487 e. The molecule has 0 unspecified atom stereocenters. The predicted octanol–water partition coefficient (Wildman–Crippen LogP) is 2.13. The smallest absolute Gasteiger partial charge is 0.224 e. The van der Waals surface area contributed by atoms with Crippen LogP contribution < -0.4 is 20.3 Å². The number of hydrogen-bond donors (Lipinski definition) is 3. The fourth-order valence-corrected chi connectivity index (χ4v) is 4.98. The molecule has 2 aromatic heterocycles. The number of nitriles is 1. The first-order chi connectivity index (χ1) is 17.6. The number of hydrogen-bond acceptors (Lipinski definition) is 9. The second kappa shape index (κ2) is 9.14. The maximum Gasteiger partial charge on any atom is 0.224 e. The maximum atomic E-state index is 12.1. The summed E-state index contributed by atoms with van der Waals surface area (Å²) in [7, 11) is 0. The summed E-state index contributed by atoms with van der Waals surface area (Å²) in [5, 5.41) is 30.4. The Kier molecular flexibility index (Phi) is 5.67. The molecule has 0 saturated carbocycles. The van der Waals surface area contributed by atoms with Gasteiger partial charge in [-0.15, -0.1) is 0 Å². The minimum atomic E-state index is -0.159. The molecule has 2 atom stereocenters. The molecule has 3 N–H and O–H groups in total. The molecule has 0 aliphatic carbocycles. The second-order valence-corrected chi connectivity index (χ2v) is 9.05. The number of rotatable bonds is 1. The molecule has 3 aliphatic heterocycles. The Bertz CT molecular complexity index is 1410. The van der Waals surface area contributed by atoms with Gasteiger partial charge in [-0.25, -0.2) is 4.98 Å². The van der Waals surface area contributed by atoms with Gasteiger partial charge >= 0.3 is 0 Å². The molecule has 0 spiro atoms. The molecular formula is C25H25N7O4. The molecule has 6 rings (SSSR count). The van der Waals surface area contributed by atoms with E-state index in [9.17, 15) is 15.2 Å². The summed E-state index contributed by atoms with van der Waals surface area (Å²) < 4.78 is 13.7. The summed E-state index contributed by atoms with van der Waals surface area (Å²) in [5.41, 5.74) is 3.18. The number of benzene rings is 1. The molecule has 1 amide bonds. The van der Waals surface area contributed by atoms with Crippen molar-refractivity contribution in [3.05, 3.63) is 47.7 Å². The first kappa shape index (κ1) is 22.3. The highest BCUT2D eigenvalue weighted by atomic mass is 16.5. The number of aliphatic hydroxyl groups is 1. The Balaban J connectivity index is 1.49. The molecule has 3 aliphatic rings. The van der Waals surface area contributed by atoms with Gasteiger partial charge in [0.1, 0.15) is 35.6 Å². The lowest BCUT2D eigenvalue weighted by Gasteiger charge is -2.25. The molecule has 0 radical (unpaired) electrons. The summed E-state index contributed by atoms with van der Waals surface area (Å²) in [6.45, 7) is 1.26. The Labute approximate surface area is 206 Å². The van der Waals surface area contributed by atoms with Gasteiger partial charge in [-0.3, -0.25) is 4.79 Å². The number of carbonyl (C=O) groups is 1. The van der Waals surface area contributed by atoms with Crippen molar-refractivity contribution in [2.45, 2.75) is 31.4 Å². The van der Waals surface area contributed by atoms with Gasteiger partial charge in [-0.1, -0.05) is 6.08 Å². The Hall–Kier alpha value is -4.14. The minimum Gasteiger partial charge on any atom is -0.487 e. The molecule has 11 heteroatoms. The van der Waals surface area contributed by atoms with Gasteiger partial charge in [-0.2, -0.15) is 14.9 Å². The van der Waals surface area contributed by atoms with E-state index in [1.165, 1.54) is 6.20 Å². The average molecular weight is 488 g/mol. The SMILES string of the molecule is N#Cc1cnn2c3cc(nc12)N1C[C@H](C[C@H]1CO)OC/C=C/COc1cc(cc2c1NC(=O)CC2)N3. The quantitative estimate of drug-likeness (QED) is 0.441. The van der Waals surface area contributed by atoms with Crippen LogP contribution in [0.3, 0.4) is 0 Å². The summed E-state index contributed by atoms with van der Waals surface area (Å²) in [5.74, 6) is 1.75. The fraction of sp³-hybridized carbons (Fsp3) is 0.360. The van der Waals surface area contributed by atoms with Gasteiger partial charge in [0.2, 0.25) is 5.91 Å². The standard InChI is InChI=1S/C25H25N7O4/c26-11-16-12-27-32-22-10-21(29-25(16)32)31-13-19(9-18(31)14-33)35-5-1-2-6-36-20-8-17(28-22)7-15-3-4-23(34)30-24(15)20/h1-2,7-8,10,12,18-19,28,33H,3-6,9,13-14H2,(H,30,34)/b2-1+/t18-,19-/m0/s1. The number of carbonyl (C=O) groups excluding carboxylic acids is 1. The number of aromatic nitrogens is 3. The second-order valence-electron chi connectivity index (χ2n) is 9.05. The van der Waals surface area contributed by atoms with E-state index in [4.69, 9.17) is 14.5 Å². The van der Waals surface area contributed by atoms with Gasteiger partial charge in [0.25, 0.3) is 0 Å². The third-order valence-corrected chi connectivity index (χ3v) is 6.73. The lowest BCUT2D eigenvalue weighted by atomic mass is 10.0. The Morgan fingerprint density at radius 1 is 1.19 bits per heavy atom. The van der Waals surface area contributed by atoms with Crippen LogP contribution in [0, 0.1) is 11.3 Å². The third kappa shape index (κ3) is 4.00. The number of aryl methyl sites for hydroxylation is 1. The highest BCUT2D eigenvalue weighted by molar-refractivity contribution is 5.96. The van der Waals surface area contributed by atoms with E-state index in [1.807, 2.05) is 35.3 Å². The van der Waals surface area contributed by atoms with Crippen LogP contribution in [0.25, 0.3) is 5.65 Å². The van der Waals surface area contributed by atoms with Gasteiger partial charge < -0.3 is 30.1 Å². The average Bonchev–Trinajstić information content (AvgIpc) is 3.49. The van der Waals surface area contributed by atoms with Crippen LogP contribution in [-0.2, 0) is 16.0 Å². The molecular weight excluding hydrogens is 462 g/mol. The highest BCUT2D eigenvalue weighted by Gasteiger charge is 2.34. The van der Waals surface area contributed by atoms with E-state index in [0.29, 0.717) is 73.3 Å². The normalized spacial score (nSPS) is 22.2. The zero-order valence-corrected chi connectivity index (χ0v) is 19.5. The number of amides is 1. The van der Waals surface area contributed by atoms with Crippen molar-refractivity contribution in [3.8, 4) is 11.8 Å². The van der Waals surface area contributed by atoms with Crippen molar-refractivity contribution >= 4 is 34.6 Å². The topological polar surface area (TPSA) is 137 Å². The zero-order chi connectivity index (χ0) is 24.6. The molecule has 36 heavy (non-hydrogen) atoms. The van der Waals surface area contributed by atoms with E-state index < -0.39 is 0 Å². The molecule has 5 heterocycles. The number of nitrogens with zero attached hydrogens (tertiary/aromatic N) is 5. The van der Waals surface area contributed by atoms with Crippen LogP contribution in [-0.4, -0.2) is 64.1 Å². The zero-order valence-electron chi connectivity index (χ0n) is 19.5.